The molecule has 1 N–H and O–H groups in total. The average Bonchev–Trinajstić information content (AvgIpc) is 2.91. The number of carbonyl (C=O) groups excluding carboxylic acids is 1. The van der Waals surface area contributed by atoms with Gasteiger partial charge in [-0.05, 0) is 41.8 Å². The molecular weight excluding hydrogens is 326 g/mol. The topological polar surface area (TPSA) is 72.5 Å². The van der Waals surface area contributed by atoms with Crippen LogP contribution < -0.4 is 10.1 Å². The average molecular weight is 347 g/mol. The molecule has 2 aromatic carbocycles. The van der Waals surface area contributed by atoms with Gasteiger partial charge >= 0.3 is 0 Å². The van der Waals surface area contributed by atoms with Gasteiger partial charge in [-0.25, -0.2) is 8.42 Å². The Morgan fingerprint density at radius 1 is 1.21 bits per heavy atom. The molecule has 0 aliphatic carbocycles. The summed E-state index contributed by atoms with van der Waals surface area (Å²) >= 11 is 0. The van der Waals surface area contributed by atoms with E-state index in [2.05, 4.69) is 5.32 Å². The van der Waals surface area contributed by atoms with Crippen molar-refractivity contribution < 1.29 is 17.9 Å². The van der Waals surface area contributed by atoms with E-state index in [0.29, 0.717) is 6.42 Å². The monoisotopic (exact) mass is 347 g/mol. The van der Waals surface area contributed by atoms with Gasteiger partial charge in [0, 0.05) is 6.04 Å². The summed E-state index contributed by atoms with van der Waals surface area (Å²) in [6.45, 7) is 1.84. The number of rotatable bonds is 4. The first-order valence-electron chi connectivity index (χ1n) is 7.96. The van der Waals surface area contributed by atoms with Gasteiger partial charge < -0.3 is 10.1 Å². The predicted octanol–water partition coefficient (Wildman–Crippen LogP) is 2.26. The van der Waals surface area contributed by atoms with Crippen LogP contribution in [0.1, 0.15) is 24.8 Å². The number of hydrogen-bond donors (Lipinski definition) is 1. The second-order valence-electron chi connectivity index (χ2n) is 6.30. The van der Waals surface area contributed by atoms with Crippen LogP contribution in [0, 0.1) is 0 Å². The fourth-order valence-corrected chi connectivity index (χ4v) is 4.70. The van der Waals surface area contributed by atoms with E-state index in [1.807, 2.05) is 43.3 Å². The first kappa shape index (κ1) is 16.8. The zero-order valence-corrected chi connectivity index (χ0v) is 14.6. The lowest BCUT2D eigenvalue weighted by molar-refractivity contribution is -0.122. The van der Waals surface area contributed by atoms with Crippen LogP contribution in [0.2, 0.25) is 0 Å². The molecule has 6 heteroatoms. The summed E-state index contributed by atoms with van der Waals surface area (Å²) in [5.74, 6) is 0.529. The van der Waals surface area contributed by atoms with Crippen LogP contribution in [0.3, 0.4) is 0 Å². The first-order chi connectivity index (χ1) is 11.4. The molecule has 1 aliphatic heterocycles. The molecule has 0 radical (unpaired) electrons. The van der Waals surface area contributed by atoms with Crippen molar-refractivity contribution in [2.24, 2.45) is 0 Å². The molecule has 0 bridgehead atoms. The van der Waals surface area contributed by atoms with Crippen molar-refractivity contribution >= 4 is 26.5 Å². The van der Waals surface area contributed by atoms with Gasteiger partial charge in [0.2, 0.25) is 5.91 Å². The second-order valence-corrected chi connectivity index (χ2v) is 8.53. The van der Waals surface area contributed by atoms with Crippen molar-refractivity contribution in [2.45, 2.75) is 25.3 Å². The highest BCUT2D eigenvalue weighted by atomic mass is 32.2. The van der Waals surface area contributed by atoms with Crippen LogP contribution in [-0.2, 0) is 14.6 Å². The van der Waals surface area contributed by atoms with E-state index in [1.165, 1.54) is 0 Å². The maximum atomic E-state index is 12.4. The molecule has 24 heavy (non-hydrogen) atoms. The number of sulfone groups is 1. The first-order valence-corrected chi connectivity index (χ1v) is 9.78. The minimum atomic E-state index is -2.99. The SMILES string of the molecule is COc1ccc2cc(C(C)C(=O)NC3CCS(=O)(=O)C3)ccc2c1. The van der Waals surface area contributed by atoms with Gasteiger partial charge in [-0.2, -0.15) is 0 Å². The summed E-state index contributed by atoms with van der Waals surface area (Å²) in [7, 11) is -1.36. The van der Waals surface area contributed by atoms with Gasteiger partial charge in [-0.3, -0.25) is 4.79 Å². The predicted molar refractivity (Wildman–Crippen MR) is 94.1 cm³/mol. The molecule has 2 atom stereocenters. The maximum Gasteiger partial charge on any atom is 0.227 e. The van der Waals surface area contributed by atoms with Crippen molar-refractivity contribution in [3.05, 3.63) is 42.0 Å². The van der Waals surface area contributed by atoms with E-state index >= 15 is 0 Å². The number of methoxy groups -OCH3 is 1. The highest BCUT2D eigenvalue weighted by Crippen LogP contribution is 2.25. The summed E-state index contributed by atoms with van der Waals surface area (Å²) in [5, 5.41) is 4.95. The van der Waals surface area contributed by atoms with Crippen LogP contribution in [0.5, 0.6) is 5.75 Å². The number of hydrogen-bond acceptors (Lipinski definition) is 4. The number of ether oxygens (including phenoxy) is 1. The molecule has 0 aromatic heterocycles. The third kappa shape index (κ3) is 3.53. The van der Waals surface area contributed by atoms with E-state index in [-0.39, 0.29) is 29.4 Å². The maximum absolute atomic E-state index is 12.4. The van der Waals surface area contributed by atoms with Gasteiger partial charge in [0.1, 0.15) is 5.75 Å². The second kappa shape index (κ2) is 6.43. The molecule has 3 rings (SSSR count). The summed E-state index contributed by atoms with van der Waals surface area (Å²) in [4.78, 5) is 12.4. The number of carbonyl (C=O) groups is 1. The Bertz CT molecular complexity index is 876. The molecule has 1 saturated heterocycles. The minimum absolute atomic E-state index is 0.0446. The quantitative estimate of drug-likeness (QED) is 0.921. The van der Waals surface area contributed by atoms with E-state index < -0.39 is 9.84 Å². The van der Waals surface area contributed by atoms with Crippen LogP contribution >= 0.6 is 0 Å². The lowest BCUT2D eigenvalue weighted by Crippen LogP contribution is -2.38. The smallest absolute Gasteiger partial charge is 0.227 e. The van der Waals surface area contributed by atoms with Crippen LogP contribution in [0.25, 0.3) is 10.8 Å². The van der Waals surface area contributed by atoms with Crippen LogP contribution in [0.15, 0.2) is 36.4 Å². The fraction of sp³-hybridized carbons (Fsp3) is 0.389. The number of benzene rings is 2. The Morgan fingerprint density at radius 2 is 1.92 bits per heavy atom. The highest BCUT2D eigenvalue weighted by molar-refractivity contribution is 7.91. The lowest BCUT2D eigenvalue weighted by atomic mass is 9.96. The summed E-state index contributed by atoms with van der Waals surface area (Å²) in [6.07, 6.45) is 0.498. The van der Waals surface area contributed by atoms with Crippen LogP contribution in [-0.4, -0.2) is 39.0 Å². The Morgan fingerprint density at radius 3 is 2.58 bits per heavy atom. The Labute approximate surface area is 141 Å². The van der Waals surface area contributed by atoms with Crippen molar-refractivity contribution in [1.29, 1.82) is 0 Å². The molecule has 1 heterocycles. The third-order valence-corrected chi connectivity index (χ3v) is 6.31. The standard InChI is InChI=1S/C18H21NO4S/c1-12(18(20)19-16-7-8-24(21,22)11-16)13-3-4-15-10-17(23-2)6-5-14(15)9-13/h3-6,9-10,12,16H,7-8,11H2,1-2H3,(H,19,20). The van der Waals surface area contributed by atoms with Gasteiger partial charge in [-0.1, -0.05) is 24.3 Å². The molecule has 0 saturated carbocycles. The highest BCUT2D eigenvalue weighted by Gasteiger charge is 2.30. The molecule has 2 unspecified atom stereocenters. The molecule has 128 valence electrons. The third-order valence-electron chi connectivity index (χ3n) is 4.54. The van der Waals surface area contributed by atoms with Crippen molar-refractivity contribution in [2.75, 3.05) is 18.6 Å². The normalized spacial score (nSPS) is 20.7. The zero-order chi connectivity index (χ0) is 17.3. The summed E-state index contributed by atoms with van der Waals surface area (Å²) in [5.41, 5.74) is 0.908. The van der Waals surface area contributed by atoms with E-state index in [9.17, 15) is 13.2 Å². The Balaban J connectivity index is 1.75. The Hall–Kier alpha value is -2.08. The van der Waals surface area contributed by atoms with E-state index in [0.717, 1.165) is 22.1 Å². The fourth-order valence-electron chi connectivity index (χ4n) is 3.03. The largest absolute Gasteiger partial charge is 0.497 e. The van der Waals surface area contributed by atoms with Crippen LogP contribution in [0.4, 0.5) is 0 Å². The number of fused-ring (bicyclic) bond motifs is 1. The van der Waals surface area contributed by atoms with E-state index in [1.54, 1.807) is 7.11 Å². The molecule has 1 fully saturated rings. The van der Waals surface area contributed by atoms with Gasteiger partial charge in [0.15, 0.2) is 9.84 Å². The zero-order valence-electron chi connectivity index (χ0n) is 13.8. The molecule has 1 amide bonds. The number of nitrogens with one attached hydrogen (secondary N) is 1. The van der Waals surface area contributed by atoms with Crippen molar-refractivity contribution in [3.8, 4) is 5.75 Å². The number of amides is 1. The summed E-state index contributed by atoms with van der Waals surface area (Å²) in [6, 6.07) is 11.4. The molecule has 0 spiro atoms. The van der Waals surface area contributed by atoms with Crippen molar-refractivity contribution in [1.82, 2.24) is 5.32 Å². The van der Waals surface area contributed by atoms with Crippen molar-refractivity contribution in [3.63, 3.8) is 0 Å². The molecular formula is C18H21NO4S. The van der Waals surface area contributed by atoms with Gasteiger partial charge in [0.05, 0.1) is 24.5 Å². The summed E-state index contributed by atoms with van der Waals surface area (Å²) < 4.78 is 28.2. The van der Waals surface area contributed by atoms with Gasteiger partial charge in [0.25, 0.3) is 0 Å². The van der Waals surface area contributed by atoms with E-state index in [4.69, 9.17) is 4.74 Å². The molecule has 5 nitrogen and oxygen atoms in total. The minimum Gasteiger partial charge on any atom is -0.497 e. The van der Waals surface area contributed by atoms with Gasteiger partial charge in [-0.15, -0.1) is 0 Å². The molecule has 2 aromatic rings. The Kier molecular flexibility index (Phi) is 4.49. The lowest BCUT2D eigenvalue weighted by Gasteiger charge is -2.17. The molecule has 1 aliphatic rings.